The first-order valence-electron chi connectivity index (χ1n) is 7.92. The third kappa shape index (κ3) is 7.98. The molecule has 0 saturated carbocycles. The van der Waals surface area contributed by atoms with Crippen LogP contribution in [0.15, 0.2) is 30.3 Å². The van der Waals surface area contributed by atoms with Crippen LogP contribution in [-0.4, -0.2) is 12.6 Å². The summed E-state index contributed by atoms with van der Waals surface area (Å²) in [4.78, 5) is 11.5. The minimum Gasteiger partial charge on any atom is -0.466 e. The number of esters is 1. The number of carbonyl (C=O) groups excluding carboxylic acids is 1. The van der Waals surface area contributed by atoms with Crippen LogP contribution in [0.25, 0.3) is 0 Å². The Morgan fingerprint density at radius 3 is 2.60 bits per heavy atom. The van der Waals surface area contributed by atoms with E-state index in [0.29, 0.717) is 18.9 Å². The molecule has 0 saturated heterocycles. The monoisotopic (exact) mass is 276 g/mol. The maximum Gasteiger partial charge on any atom is 0.305 e. The van der Waals surface area contributed by atoms with Gasteiger partial charge in [-0.15, -0.1) is 0 Å². The summed E-state index contributed by atoms with van der Waals surface area (Å²) in [5.41, 5.74) is 1.40. The first-order valence-corrected chi connectivity index (χ1v) is 7.92. The maximum atomic E-state index is 11.5. The summed E-state index contributed by atoms with van der Waals surface area (Å²) in [5.74, 6) is 0.632. The summed E-state index contributed by atoms with van der Waals surface area (Å²) < 4.78 is 5.15. The van der Waals surface area contributed by atoms with E-state index in [1.54, 1.807) is 0 Å². The number of ether oxygens (including phenoxy) is 1. The third-order valence-corrected chi connectivity index (χ3v) is 3.61. The quantitative estimate of drug-likeness (QED) is 0.454. The fourth-order valence-corrected chi connectivity index (χ4v) is 2.20. The largest absolute Gasteiger partial charge is 0.466 e. The molecule has 0 aliphatic carbocycles. The topological polar surface area (TPSA) is 26.3 Å². The zero-order valence-corrected chi connectivity index (χ0v) is 12.9. The number of benzene rings is 1. The fraction of sp³-hybridized carbons (Fsp3) is 0.611. The SMILES string of the molecule is CCCCOC(=O)CCCC(C)CCc1ccccc1. The van der Waals surface area contributed by atoms with Gasteiger partial charge in [-0.25, -0.2) is 0 Å². The van der Waals surface area contributed by atoms with Gasteiger partial charge < -0.3 is 4.74 Å². The van der Waals surface area contributed by atoms with Gasteiger partial charge in [0, 0.05) is 6.42 Å². The van der Waals surface area contributed by atoms with Crippen molar-refractivity contribution in [1.82, 2.24) is 0 Å². The van der Waals surface area contributed by atoms with Gasteiger partial charge >= 0.3 is 5.97 Å². The molecule has 2 heteroatoms. The Morgan fingerprint density at radius 2 is 1.90 bits per heavy atom. The number of rotatable bonds is 10. The van der Waals surface area contributed by atoms with E-state index in [1.807, 2.05) is 0 Å². The zero-order chi connectivity index (χ0) is 14.6. The smallest absolute Gasteiger partial charge is 0.305 e. The van der Waals surface area contributed by atoms with E-state index >= 15 is 0 Å². The van der Waals surface area contributed by atoms with Gasteiger partial charge in [0.15, 0.2) is 0 Å². The number of unbranched alkanes of at least 4 members (excludes halogenated alkanes) is 1. The van der Waals surface area contributed by atoms with Gasteiger partial charge in [0.2, 0.25) is 0 Å². The summed E-state index contributed by atoms with van der Waals surface area (Å²) in [7, 11) is 0. The molecule has 2 nitrogen and oxygen atoms in total. The number of hydrogen-bond acceptors (Lipinski definition) is 2. The lowest BCUT2D eigenvalue weighted by Crippen LogP contribution is -2.06. The van der Waals surface area contributed by atoms with Crippen LogP contribution < -0.4 is 0 Å². The lowest BCUT2D eigenvalue weighted by molar-refractivity contribution is -0.143. The molecule has 1 unspecified atom stereocenters. The van der Waals surface area contributed by atoms with Crippen LogP contribution >= 0.6 is 0 Å². The lowest BCUT2D eigenvalue weighted by Gasteiger charge is -2.11. The van der Waals surface area contributed by atoms with Crippen molar-refractivity contribution in [3.63, 3.8) is 0 Å². The van der Waals surface area contributed by atoms with Gasteiger partial charge in [0.1, 0.15) is 0 Å². The summed E-state index contributed by atoms with van der Waals surface area (Å²) in [6.07, 6.45) is 6.98. The normalized spacial score (nSPS) is 12.1. The zero-order valence-electron chi connectivity index (χ0n) is 12.9. The molecule has 0 heterocycles. The van der Waals surface area contributed by atoms with Crippen LogP contribution in [0.4, 0.5) is 0 Å². The number of carbonyl (C=O) groups is 1. The minimum absolute atomic E-state index is 0.0336. The van der Waals surface area contributed by atoms with Gasteiger partial charge in [0.05, 0.1) is 6.61 Å². The molecular weight excluding hydrogens is 248 g/mol. The van der Waals surface area contributed by atoms with Crippen LogP contribution in [0.5, 0.6) is 0 Å². The van der Waals surface area contributed by atoms with Crippen molar-refractivity contribution in [2.24, 2.45) is 5.92 Å². The van der Waals surface area contributed by atoms with E-state index in [-0.39, 0.29) is 5.97 Å². The number of hydrogen-bond donors (Lipinski definition) is 0. The second kappa shape index (κ2) is 10.5. The van der Waals surface area contributed by atoms with E-state index in [1.165, 1.54) is 12.0 Å². The number of aryl methyl sites for hydroxylation is 1. The van der Waals surface area contributed by atoms with Crippen LogP contribution in [0, 0.1) is 5.92 Å². The van der Waals surface area contributed by atoms with Crippen molar-refractivity contribution in [2.75, 3.05) is 6.61 Å². The van der Waals surface area contributed by atoms with E-state index < -0.39 is 0 Å². The maximum absolute atomic E-state index is 11.5. The highest BCUT2D eigenvalue weighted by Crippen LogP contribution is 2.15. The highest BCUT2D eigenvalue weighted by atomic mass is 16.5. The van der Waals surface area contributed by atoms with Crippen LogP contribution in [0.2, 0.25) is 0 Å². The molecule has 0 aliphatic heterocycles. The molecule has 0 spiro atoms. The summed E-state index contributed by atoms with van der Waals surface area (Å²) >= 11 is 0. The van der Waals surface area contributed by atoms with Crippen molar-refractivity contribution >= 4 is 5.97 Å². The van der Waals surface area contributed by atoms with E-state index in [2.05, 4.69) is 44.2 Å². The van der Waals surface area contributed by atoms with E-state index in [4.69, 9.17) is 4.74 Å². The molecule has 1 rings (SSSR count). The second-order valence-electron chi connectivity index (χ2n) is 5.60. The molecule has 0 fully saturated rings. The molecule has 1 aromatic rings. The van der Waals surface area contributed by atoms with Gasteiger partial charge in [-0.05, 0) is 37.2 Å². The Balaban J connectivity index is 2.05. The third-order valence-electron chi connectivity index (χ3n) is 3.61. The molecule has 0 aliphatic rings. The molecule has 0 aromatic heterocycles. The fourth-order valence-electron chi connectivity index (χ4n) is 2.20. The van der Waals surface area contributed by atoms with Crippen molar-refractivity contribution in [1.29, 1.82) is 0 Å². The Hall–Kier alpha value is -1.31. The van der Waals surface area contributed by atoms with E-state index in [0.717, 1.165) is 32.1 Å². The summed E-state index contributed by atoms with van der Waals surface area (Å²) in [5, 5.41) is 0. The molecule has 20 heavy (non-hydrogen) atoms. The molecule has 0 N–H and O–H groups in total. The van der Waals surface area contributed by atoms with E-state index in [9.17, 15) is 4.79 Å². The molecule has 0 amide bonds. The second-order valence-corrected chi connectivity index (χ2v) is 5.60. The van der Waals surface area contributed by atoms with Gasteiger partial charge in [-0.1, -0.05) is 57.0 Å². The molecule has 1 aromatic carbocycles. The Labute approximate surface area is 123 Å². The lowest BCUT2D eigenvalue weighted by atomic mass is 9.96. The first-order chi connectivity index (χ1) is 9.72. The van der Waals surface area contributed by atoms with Gasteiger partial charge in [0.25, 0.3) is 0 Å². The predicted molar refractivity (Wildman–Crippen MR) is 83.6 cm³/mol. The Bertz CT molecular complexity index is 359. The van der Waals surface area contributed by atoms with Gasteiger partial charge in [-0.2, -0.15) is 0 Å². The summed E-state index contributed by atoms with van der Waals surface area (Å²) in [6, 6.07) is 10.6. The van der Waals surface area contributed by atoms with Crippen LogP contribution in [0.3, 0.4) is 0 Å². The minimum atomic E-state index is -0.0336. The van der Waals surface area contributed by atoms with Crippen LogP contribution in [0.1, 0.15) is 57.9 Å². The molecule has 0 radical (unpaired) electrons. The predicted octanol–water partition coefficient (Wildman–Crippen LogP) is 4.77. The highest BCUT2D eigenvalue weighted by Gasteiger charge is 2.06. The average molecular weight is 276 g/mol. The average Bonchev–Trinajstić information content (AvgIpc) is 2.46. The van der Waals surface area contributed by atoms with Crippen molar-refractivity contribution in [3.8, 4) is 0 Å². The Morgan fingerprint density at radius 1 is 1.15 bits per heavy atom. The highest BCUT2D eigenvalue weighted by molar-refractivity contribution is 5.69. The van der Waals surface area contributed by atoms with Crippen molar-refractivity contribution in [2.45, 2.75) is 58.8 Å². The van der Waals surface area contributed by atoms with Crippen molar-refractivity contribution in [3.05, 3.63) is 35.9 Å². The molecular formula is C18H28O2. The molecule has 1 atom stereocenters. The molecule has 0 bridgehead atoms. The first kappa shape index (κ1) is 16.7. The Kier molecular flexibility index (Phi) is 8.77. The summed E-state index contributed by atoms with van der Waals surface area (Å²) in [6.45, 7) is 4.95. The van der Waals surface area contributed by atoms with Gasteiger partial charge in [-0.3, -0.25) is 4.79 Å². The standard InChI is InChI=1S/C18H28O2/c1-3-4-15-20-18(19)12-8-9-16(2)13-14-17-10-6-5-7-11-17/h5-7,10-11,16H,3-4,8-9,12-15H2,1-2H3. The van der Waals surface area contributed by atoms with Crippen molar-refractivity contribution < 1.29 is 9.53 Å². The van der Waals surface area contributed by atoms with Crippen LogP contribution in [-0.2, 0) is 16.0 Å². The molecule has 112 valence electrons.